The van der Waals surface area contributed by atoms with Gasteiger partial charge in [0.2, 0.25) is 5.88 Å². The lowest BCUT2D eigenvalue weighted by atomic mass is 10.1. The topological polar surface area (TPSA) is 54.3 Å². The third-order valence-corrected chi connectivity index (χ3v) is 3.14. The van der Waals surface area contributed by atoms with Gasteiger partial charge in [0.1, 0.15) is 6.17 Å². The van der Waals surface area contributed by atoms with E-state index in [1.54, 1.807) is 0 Å². The molecular formula is C8H11FN2O2S. The van der Waals surface area contributed by atoms with Crippen molar-refractivity contribution in [1.29, 1.82) is 0 Å². The van der Waals surface area contributed by atoms with Gasteiger partial charge in [-0.15, -0.1) is 0 Å². The molecule has 0 spiro atoms. The molecule has 78 valence electrons. The maximum atomic E-state index is 13.5. The first-order valence-corrected chi connectivity index (χ1v) is 5.32. The van der Waals surface area contributed by atoms with Crippen LogP contribution < -0.4 is 10.2 Å². The Morgan fingerprint density at radius 2 is 2.50 bits per heavy atom. The first kappa shape index (κ1) is 9.67. The predicted octanol–water partition coefficient (Wildman–Crippen LogP) is 0.488. The molecule has 0 aliphatic carbocycles. The van der Waals surface area contributed by atoms with Crippen LogP contribution in [-0.2, 0) is 0 Å². The molecule has 1 aromatic heterocycles. The van der Waals surface area contributed by atoms with Crippen LogP contribution in [-0.4, -0.2) is 28.9 Å². The van der Waals surface area contributed by atoms with Gasteiger partial charge in [-0.1, -0.05) is 11.3 Å². The number of piperidine rings is 1. The summed E-state index contributed by atoms with van der Waals surface area (Å²) < 4.78 is 14.6. The predicted molar refractivity (Wildman–Crippen MR) is 51.7 cm³/mol. The van der Waals surface area contributed by atoms with Gasteiger partial charge in [0.25, 0.3) is 0 Å². The zero-order chi connectivity index (χ0) is 10.1. The summed E-state index contributed by atoms with van der Waals surface area (Å²) in [6.07, 6.45) is -0.679. The minimum atomic E-state index is -1.06. The van der Waals surface area contributed by atoms with Crippen LogP contribution in [0, 0.1) is 0 Å². The summed E-state index contributed by atoms with van der Waals surface area (Å²) in [5.41, 5.74) is 0. The molecule has 6 heteroatoms. The summed E-state index contributed by atoms with van der Waals surface area (Å²) in [5.74, 6) is -0.142. The van der Waals surface area contributed by atoms with E-state index >= 15 is 0 Å². The number of nitrogens with one attached hydrogen (secondary N) is 1. The number of halogens is 1. The molecule has 4 nitrogen and oxygen atoms in total. The zero-order valence-corrected chi connectivity index (χ0v) is 8.26. The lowest BCUT2D eigenvalue weighted by Crippen LogP contribution is -2.41. The molecule has 2 atom stereocenters. The van der Waals surface area contributed by atoms with Crippen LogP contribution in [0.3, 0.4) is 0 Å². The highest BCUT2D eigenvalue weighted by molar-refractivity contribution is 7.07. The molecule has 1 aliphatic heterocycles. The van der Waals surface area contributed by atoms with Gasteiger partial charge in [-0.2, -0.15) is 0 Å². The van der Waals surface area contributed by atoms with E-state index in [0.717, 1.165) is 15.9 Å². The summed E-state index contributed by atoms with van der Waals surface area (Å²) >= 11 is 0.890. The maximum absolute atomic E-state index is 13.5. The SMILES string of the molecule is O=c1scc(O)n1C1CNCCC1F. The number of aromatic hydroxyl groups is 1. The van der Waals surface area contributed by atoms with Gasteiger partial charge in [0.05, 0.1) is 11.4 Å². The van der Waals surface area contributed by atoms with Crippen LogP contribution in [0.4, 0.5) is 4.39 Å². The Hall–Kier alpha value is -0.880. The quantitative estimate of drug-likeness (QED) is 0.721. The van der Waals surface area contributed by atoms with Gasteiger partial charge < -0.3 is 10.4 Å². The highest BCUT2D eigenvalue weighted by Gasteiger charge is 2.28. The highest BCUT2D eigenvalue weighted by Crippen LogP contribution is 2.24. The number of hydrogen-bond acceptors (Lipinski definition) is 4. The lowest BCUT2D eigenvalue weighted by molar-refractivity contribution is 0.171. The first-order valence-electron chi connectivity index (χ1n) is 4.44. The number of aromatic nitrogens is 1. The van der Waals surface area contributed by atoms with Crippen LogP contribution in [0.2, 0.25) is 0 Å². The van der Waals surface area contributed by atoms with E-state index in [1.807, 2.05) is 0 Å². The molecule has 14 heavy (non-hydrogen) atoms. The number of nitrogens with zero attached hydrogens (tertiary/aromatic N) is 1. The van der Waals surface area contributed by atoms with E-state index in [0.29, 0.717) is 19.5 Å². The van der Waals surface area contributed by atoms with Crippen molar-refractivity contribution in [3.05, 3.63) is 15.0 Å². The fourth-order valence-corrected chi connectivity index (χ4v) is 2.34. The van der Waals surface area contributed by atoms with E-state index in [9.17, 15) is 14.3 Å². The fourth-order valence-electron chi connectivity index (χ4n) is 1.68. The molecule has 0 saturated carbocycles. The van der Waals surface area contributed by atoms with Crippen LogP contribution in [0.15, 0.2) is 10.2 Å². The molecular weight excluding hydrogens is 207 g/mol. The van der Waals surface area contributed by atoms with Crippen LogP contribution in [0.25, 0.3) is 0 Å². The molecule has 0 aromatic carbocycles. The molecule has 0 bridgehead atoms. The van der Waals surface area contributed by atoms with E-state index in [2.05, 4.69) is 5.32 Å². The average molecular weight is 218 g/mol. The van der Waals surface area contributed by atoms with Crippen LogP contribution >= 0.6 is 11.3 Å². The van der Waals surface area contributed by atoms with E-state index in [4.69, 9.17) is 0 Å². The minimum absolute atomic E-state index is 0.142. The standard InChI is InChI=1S/C8H11FN2O2S/c9-5-1-2-10-3-6(5)11-7(12)4-14-8(11)13/h4-6,10,12H,1-3H2. The number of alkyl halides is 1. The van der Waals surface area contributed by atoms with Crippen molar-refractivity contribution in [3.8, 4) is 5.88 Å². The van der Waals surface area contributed by atoms with Crippen molar-refractivity contribution in [2.45, 2.75) is 18.6 Å². The largest absolute Gasteiger partial charge is 0.494 e. The molecule has 0 amide bonds. The lowest BCUT2D eigenvalue weighted by Gasteiger charge is -2.27. The Morgan fingerprint density at radius 3 is 3.07 bits per heavy atom. The molecule has 1 aliphatic rings. The third kappa shape index (κ3) is 1.55. The third-order valence-electron chi connectivity index (χ3n) is 2.41. The Balaban J connectivity index is 2.33. The molecule has 2 N–H and O–H groups in total. The Morgan fingerprint density at radius 1 is 1.71 bits per heavy atom. The van der Waals surface area contributed by atoms with E-state index in [1.165, 1.54) is 5.38 Å². The summed E-state index contributed by atoms with van der Waals surface area (Å²) in [7, 11) is 0. The molecule has 2 rings (SSSR count). The second kappa shape index (κ2) is 3.70. The second-order valence-electron chi connectivity index (χ2n) is 3.31. The van der Waals surface area contributed by atoms with E-state index < -0.39 is 12.2 Å². The van der Waals surface area contributed by atoms with Gasteiger partial charge in [-0.05, 0) is 13.0 Å². The Bertz CT molecular complexity index is 376. The van der Waals surface area contributed by atoms with Crippen molar-refractivity contribution in [2.75, 3.05) is 13.1 Å². The number of hydrogen-bond donors (Lipinski definition) is 2. The van der Waals surface area contributed by atoms with Crippen LogP contribution in [0.5, 0.6) is 5.88 Å². The van der Waals surface area contributed by atoms with Crippen molar-refractivity contribution in [1.82, 2.24) is 9.88 Å². The average Bonchev–Trinajstić information content (AvgIpc) is 2.48. The van der Waals surface area contributed by atoms with Gasteiger partial charge >= 0.3 is 4.87 Å². The van der Waals surface area contributed by atoms with Crippen molar-refractivity contribution >= 4 is 11.3 Å². The summed E-state index contributed by atoms with van der Waals surface area (Å²) in [4.78, 5) is 11.0. The van der Waals surface area contributed by atoms with Gasteiger partial charge in [0, 0.05) is 6.54 Å². The summed E-state index contributed by atoms with van der Waals surface area (Å²) in [5, 5.41) is 13.7. The molecule has 2 unspecified atom stereocenters. The Labute approximate surface area is 84.0 Å². The maximum Gasteiger partial charge on any atom is 0.310 e. The molecule has 1 aromatic rings. The highest BCUT2D eigenvalue weighted by atomic mass is 32.1. The smallest absolute Gasteiger partial charge is 0.310 e. The van der Waals surface area contributed by atoms with Crippen molar-refractivity contribution < 1.29 is 9.50 Å². The second-order valence-corrected chi connectivity index (χ2v) is 4.13. The van der Waals surface area contributed by atoms with E-state index in [-0.39, 0.29) is 10.8 Å². The Kier molecular flexibility index (Phi) is 2.56. The van der Waals surface area contributed by atoms with Crippen molar-refractivity contribution in [2.24, 2.45) is 0 Å². The van der Waals surface area contributed by atoms with Gasteiger partial charge in [-0.25, -0.2) is 4.39 Å². The normalized spacial score (nSPS) is 27.8. The summed E-state index contributed by atoms with van der Waals surface area (Å²) in [6, 6.07) is -0.567. The number of thiazole rings is 1. The molecule has 1 fully saturated rings. The van der Waals surface area contributed by atoms with Crippen LogP contribution in [0.1, 0.15) is 12.5 Å². The zero-order valence-electron chi connectivity index (χ0n) is 7.44. The molecule has 2 heterocycles. The fraction of sp³-hybridized carbons (Fsp3) is 0.625. The van der Waals surface area contributed by atoms with Gasteiger partial charge in [-0.3, -0.25) is 9.36 Å². The monoisotopic (exact) mass is 218 g/mol. The van der Waals surface area contributed by atoms with Crippen molar-refractivity contribution in [3.63, 3.8) is 0 Å². The molecule has 0 radical (unpaired) electrons. The summed E-state index contributed by atoms with van der Waals surface area (Å²) in [6.45, 7) is 1.02. The minimum Gasteiger partial charge on any atom is -0.494 e. The first-order chi connectivity index (χ1) is 6.70. The van der Waals surface area contributed by atoms with Gasteiger partial charge in [0.15, 0.2) is 0 Å². The number of rotatable bonds is 1. The molecule has 1 saturated heterocycles.